The molecule has 1 unspecified atom stereocenters. The van der Waals surface area contributed by atoms with Crippen LogP contribution in [0.5, 0.6) is 5.75 Å². The third-order valence-electron chi connectivity index (χ3n) is 6.40. The molecule has 0 bridgehead atoms. The molecule has 1 atom stereocenters. The molecule has 0 spiro atoms. The second-order valence-corrected chi connectivity index (χ2v) is 9.32. The third-order valence-corrected chi connectivity index (χ3v) is 6.40. The van der Waals surface area contributed by atoms with Crippen LogP contribution in [0.3, 0.4) is 0 Å². The summed E-state index contributed by atoms with van der Waals surface area (Å²) in [5.74, 6) is 1.86. The summed E-state index contributed by atoms with van der Waals surface area (Å²) in [5.41, 5.74) is 3.98. The average molecular weight is 449 g/mol. The molecule has 33 heavy (non-hydrogen) atoms. The SMILES string of the molecule is CC(C)N(Cc1cccc(OCC(O)CN2CCc3ccccc3C2)c1)Cc1nccn1C. The molecule has 1 N–H and O–H groups in total. The van der Waals surface area contributed by atoms with Gasteiger partial charge in [0.1, 0.15) is 24.3 Å². The molecule has 0 saturated heterocycles. The largest absolute Gasteiger partial charge is 0.491 e. The van der Waals surface area contributed by atoms with E-state index in [0.717, 1.165) is 44.2 Å². The number of ether oxygens (including phenoxy) is 1. The molecule has 0 fully saturated rings. The van der Waals surface area contributed by atoms with Gasteiger partial charge in [0, 0.05) is 51.7 Å². The fourth-order valence-electron chi connectivity index (χ4n) is 4.37. The van der Waals surface area contributed by atoms with Crippen LogP contribution in [0, 0.1) is 0 Å². The van der Waals surface area contributed by atoms with Crippen LogP contribution in [-0.2, 0) is 33.1 Å². The van der Waals surface area contributed by atoms with Crippen LogP contribution >= 0.6 is 0 Å². The lowest BCUT2D eigenvalue weighted by molar-refractivity contribution is 0.0637. The van der Waals surface area contributed by atoms with Crippen molar-refractivity contribution in [2.24, 2.45) is 7.05 Å². The van der Waals surface area contributed by atoms with E-state index in [0.29, 0.717) is 19.2 Å². The first-order valence-electron chi connectivity index (χ1n) is 11.9. The van der Waals surface area contributed by atoms with Crippen molar-refractivity contribution in [1.82, 2.24) is 19.4 Å². The summed E-state index contributed by atoms with van der Waals surface area (Å²) in [6, 6.07) is 17.2. The number of benzene rings is 2. The van der Waals surface area contributed by atoms with Crippen LogP contribution in [0.25, 0.3) is 0 Å². The molecule has 6 nitrogen and oxygen atoms in total. The maximum Gasteiger partial charge on any atom is 0.122 e. The molecular formula is C27H36N4O2. The molecule has 1 aliphatic rings. The van der Waals surface area contributed by atoms with Crippen molar-refractivity contribution < 1.29 is 9.84 Å². The summed E-state index contributed by atoms with van der Waals surface area (Å²) >= 11 is 0. The Morgan fingerprint density at radius 1 is 1.09 bits per heavy atom. The van der Waals surface area contributed by atoms with Gasteiger partial charge in [-0.25, -0.2) is 4.98 Å². The molecule has 0 amide bonds. The summed E-state index contributed by atoms with van der Waals surface area (Å²) in [4.78, 5) is 9.17. The van der Waals surface area contributed by atoms with Crippen molar-refractivity contribution in [2.75, 3.05) is 19.7 Å². The van der Waals surface area contributed by atoms with E-state index in [1.807, 2.05) is 31.6 Å². The molecule has 176 valence electrons. The zero-order valence-electron chi connectivity index (χ0n) is 20.0. The van der Waals surface area contributed by atoms with E-state index in [-0.39, 0.29) is 0 Å². The van der Waals surface area contributed by atoms with Crippen LogP contribution in [0.2, 0.25) is 0 Å². The average Bonchev–Trinajstić information content (AvgIpc) is 3.21. The first kappa shape index (κ1) is 23.5. The summed E-state index contributed by atoms with van der Waals surface area (Å²) in [6.07, 6.45) is 4.35. The highest BCUT2D eigenvalue weighted by atomic mass is 16.5. The van der Waals surface area contributed by atoms with E-state index in [2.05, 4.69) is 69.6 Å². The highest BCUT2D eigenvalue weighted by Crippen LogP contribution is 2.20. The molecule has 6 heteroatoms. The quantitative estimate of drug-likeness (QED) is 0.513. The van der Waals surface area contributed by atoms with Crippen molar-refractivity contribution in [1.29, 1.82) is 0 Å². The van der Waals surface area contributed by atoms with E-state index in [4.69, 9.17) is 4.74 Å². The van der Waals surface area contributed by atoms with Crippen LogP contribution in [0.15, 0.2) is 60.9 Å². The fraction of sp³-hybridized carbons (Fsp3) is 0.444. The predicted molar refractivity (Wildman–Crippen MR) is 131 cm³/mol. The highest BCUT2D eigenvalue weighted by Gasteiger charge is 2.19. The summed E-state index contributed by atoms with van der Waals surface area (Å²) in [6.45, 7) is 8.81. The van der Waals surface area contributed by atoms with Crippen LogP contribution in [0.4, 0.5) is 0 Å². The van der Waals surface area contributed by atoms with Gasteiger partial charge in [0.2, 0.25) is 0 Å². The van der Waals surface area contributed by atoms with Crippen molar-refractivity contribution in [3.8, 4) is 5.75 Å². The first-order chi connectivity index (χ1) is 16.0. The predicted octanol–water partition coefficient (Wildman–Crippen LogP) is 3.63. The number of hydrogen-bond acceptors (Lipinski definition) is 5. The van der Waals surface area contributed by atoms with E-state index in [9.17, 15) is 5.11 Å². The number of aromatic nitrogens is 2. The standard InChI is InChI=1S/C27H36N4O2/c1-21(2)31(19-27-28-12-14-29(27)3)16-22-7-6-10-26(15-22)33-20-25(32)18-30-13-11-23-8-4-5-9-24(23)17-30/h4-10,12,14-15,21,25,32H,11,13,16-20H2,1-3H3. The monoisotopic (exact) mass is 448 g/mol. The summed E-state index contributed by atoms with van der Waals surface area (Å²) in [7, 11) is 2.03. The van der Waals surface area contributed by atoms with Gasteiger partial charge in [-0.05, 0) is 49.1 Å². The molecule has 0 saturated carbocycles. The molecule has 0 radical (unpaired) electrons. The lowest BCUT2D eigenvalue weighted by Crippen LogP contribution is -2.38. The first-order valence-corrected chi connectivity index (χ1v) is 11.9. The molecule has 4 rings (SSSR count). The van der Waals surface area contributed by atoms with Gasteiger partial charge in [-0.2, -0.15) is 0 Å². The van der Waals surface area contributed by atoms with Gasteiger partial charge >= 0.3 is 0 Å². The summed E-state index contributed by atoms with van der Waals surface area (Å²) < 4.78 is 8.04. The molecule has 2 aromatic carbocycles. The van der Waals surface area contributed by atoms with Crippen LogP contribution in [0.1, 0.15) is 36.4 Å². The number of imidazole rings is 1. The van der Waals surface area contributed by atoms with E-state index in [1.54, 1.807) is 0 Å². The summed E-state index contributed by atoms with van der Waals surface area (Å²) in [5, 5.41) is 10.6. The number of aryl methyl sites for hydroxylation is 1. The molecule has 1 aromatic heterocycles. The van der Waals surface area contributed by atoms with Crippen molar-refractivity contribution in [2.45, 2.75) is 52.0 Å². The topological polar surface area (TPSA) is 53.8 Å². The third kappa shape index (κ3) is 6.44. The Labute approximate surface area is 197 Å². The van der Waals surface area contributed by atoms with E-state index < -0.39 is 6.10 Å². The lowest BCUT2D eigenvalue weighted by Gasteiger charge is -2.30. The molecular weight excluding hydrogens is 412 g/mol. The van der Waals surface area contributed by atoms with Crippen molar-refractivity contribution >= 4 is 0 Å². The van der Waals surface area contributed by atoms with Gasteiger partial charge < -0.3 is 14.4 Å². The van der Waals surface area contributed by atoms with Gasteiger partial charge in [-0.15, -0.1) is 0 Å². The fourth-order valence-corrected chi connectivity index (χ4v) is 4.37. The normalized spacial score (nSPS) is 15.1. The smallest absolute Gasteiger partial charge is 0.122 e. The van der Waals surface area contributed by atoms with Crippen LogP contribution < -0.4 is 4.74 Å². The Balaban J connectivity index is 1.29. The Bertz CT molecular complexity index is 1030. The number of rotatable bonds is 10. The maximum atomic E-state index is 10.6. The van der Waals surface area contributed by atoms with E-state index >= 15 is 0 Å². The Morgan fingerprint density at radius 2 is 1.91 bits per heavy atom. The Hall–Kier alpha value is -2.67. The minimum atomic E-state index is -0.519. The van der Waals surface area contributed by atoms with Gasteiger partial charge in [0.05, 0.1) is 6.54 Å². The highest BCUT2D eigenvalue weighted by molar-refractivity contribution is 5.29. The number of nitrogens with zero attached hydrogens (tertiary/aromatic N) is 4. The van der Waals surface area contributed by atoms with Gasteiger partial charge in [-0.3, -0.25) is 9.80 Å². The zero-order valence-corrected chi connectivity index (χ0v) is 20.0. The second kappa shape index (κ2) is 11.0. The zero-order chi connectivity index (χ0) is 23.2. The second-order valence-electron chi connectivity index (χ2n) is 9.32. The van der Waals surface area contributed by atoms with Crippen molar-refractivity contribution in [3.63, 3.8) is 0 Å². The Morgan fingerprint density at radius 3 is 2.67 bits per heavy atom. The number of hydrogen-bond donors (Lipinski definition) is 1. The maximum absolute atomic E-state index is 10.6. The lowest BCUT2D eigenvalue weighted by atomic mass is 10.00. The minimum Gasteiger partial charge on any atom is -0.491 e. The number of β-amino-alcohol motifs (C(OH)–C–C–N with tert-alkyl or cyclic N) is 1. The van der Waals surface area contributed by atoms with Gasteiger partial charge in [-0.1, -0.05) is 36.4 Å². The van der Waals surface area contributed by atoms with E-state index in [1.165, 1.54) is 16.7 Å². The Kier molecular flexibility index (Phi) is 7.81. The minimum absolute atomic E-state index is 0.294. The molecule has 2 heterocycles. The number of aliphatic hydroxyl groups excluding tert-OH is 1. The van der Waals surface area contributed by atoms with Gasteiger partial charge in [0.25, 0.3) is 0 Å². The molecule has 0 aliphatic carbocycles. The molecule has 3 aromatic rings. The number of fused-ring (bicyclic) bond motifs is 1. The van der Waals surface area contributed by atoms with Crippen LogP contribution in [-0.4, -0.2) is 56.3 Å². The van der Waals surface area contributed by atoms with Gasteiger partial charge in [0.15, 0.2) is 0 Å². The number of aliphatic hydroxyl groups is 1. The molecule has 1 aliphatic heterocycles. The van der Waals surface area contributed by atoms with Crippen molar-refractivity contribution in [3.05, 3.63) is 83.4 Å².